The molecule has 0 aliphatic carbocycles. The van der Waals surface area contributed by atoms with Gasteiger partial charge in [0.25, 0.3) is 10.2 Å². The third kappa shape index (κ3) is 7.56. The molecule has 1 aliphatic heterocycles. The molecule has 1 fully saturated rings. The third-order valence-electron chi connectivity index (χ3n) is 4.06. The third-order valence-corrected chi connectivity index (χ3v) is 5.59. The Morgan fingerprint density at radius 1 is 1.24 bits per heavy atom. The van der Waals surface area contributed by atoms with Crippen LogP contribution in [0.5, 0.6) is 0 Å². The minimum Gasteiger partial charge on any atom is -0.317 e. The van der Waals surface area contributed by atoms with E-state index in [1.54, 1.807) is 7.05 Å². The highest BCUT2D eigenvalue weighted by Crippen LogP contribution is 2.15. The van der Waals surface area contributed by atoms with Gasteiger partial charge >= 0.3 is 0 Å². The molecule has 2 N–H and O–H groups in total. The number of rotatable bonds is 10. The molecule has 0 bridgehead atoms. The van der Waals surface area contributed by atoms with Crippen molar-refractivity contribution in [1.82, 2.24) is 19.2 Å². The summed E-state index contributed by atoms with van der Waals surface area (Å²) < 4.78 is 28.5. The zero-order valence-electron chi connectivity index (χ0n) is 13.8. The number of likely N-dealkylation sites (tertiary alicyclic amines) is 1. The maximum atomic E-state index is 12.1. The second kappa shape index (κ2) is 9.74. The monoisotopic (exact) mass is 320 g/mol. The van der Waals surface area contributed by atoms with E-state index in [4.69, 9.17) is 0 Å². The zero-order valence-corrected chi connectivity index (χ0v) is 14.6. The summed E-state index contributed by atoms with van der Waals surface area (Å²) in [6, 6.07) is 0. The van der Waals surface area contributed by atoms with Gasteiger partial charge in [0, 0.05) is 20.1 Å². The van der Waals surface area contributed by atoms with Crippen LogP contribution in [-0.4, -0.2) is 71.0 Å². The van der Waals surface area contributed by atoms with E-state index < -0.39 is 10.2 Å². The molecule has 1 saturated heterocycles. The topological polar surface area (TPSA) is 64.7 Å². The molecule has 0 aromatic carbocycles. The van der Waals surface area contributed by atoms with Gasteiger partial charge in [-0.05, 0) is 64.8 Å². The molecule has 0 aromatic heterocycles. The molecule has 7 heteroatoms. The van der Waals surface area contributed by atoms with Crippen molar-refractivity contribution in [2.75, 3.05) is 53.4 Å². The van der Waals surface area contributed by atoms with Crippen LogP contribution in [0.15, 0.2) is 0 Å². The molecule has 1 heterocycles. The van der Waals surface area contributed by atoms with Gasteiger partial charge in [0.15, 0.2) is 0 Å². The Bertz CT molecular complexity index is 367. The fraction of sp³-hybridized carbons (Fsp3) is 1.00. The summed E-state index contributed by atoms with van der Waals surface area (Å²) in [6.07, 6.45) is 4.09. The molecule has 126 valence electrons. The number of hydrogen-bond donors (Lipinski definition) is 2. The molecule has 0 amide bonds. The van der Waals surface area contributed by atoms with E-state index in [0.717, 1.165) is 51.9 Å². The van der Waals surface area contributed by atoms with E-state index >= 15 is 0 Å². The van der Waals surface area contributed by atoms with Crippen LogP contribution >= 0.6 is 0 Å². The second-order valence-corrected chi connectivity index (χ2v) is 7.89. The van der Waals surface area contributed by atoms with Crippen LogP contribution in [0.2, 0.25) is 0 Å². The highest BCUT2D eigenvalue weighted by atomic mass is 32.2. The number of piperidine rings is 1. The molecule has 0 spiro atoms. The molecule has 0 saturated carbocycles. The molecule has 0 aromatic rings. The molecule has 21 heavy (non-hydrogen) atoms. The predicted molar refractivity (Wildman–Crippen MR) is 87.6 cm³/mol. The summed E-state index contributed by atoms with van der Waals surface area (Å²) in [5, 5.41) is 3.28. The molecule has 0 radical (unpaired) electrons. The van der Waals surface area contributed by atoms with Crippen LogP contribution in [0, 0.1) is 5.92 Å². The largest absolute Gasteiger partial charge is 0.317 e. The van der Waals surface area contributed by atoms with E-state index in [1.165, 1.54) is 4.31 Å². The molecule has 0 unspecified atom stereocenters. The summed E-state index contributed by atoms with van der Waals surface area (Å²) in [4.78, 5) is 2.29. The van der Waals surface area contributed by atoms with Gasteiger partial charge in [0.05, 0.1) is 0 Å². The van der Waals surface area contributed by atoms with Gasteiger partial charge in [0.2, 0.25) is 0 Å². The molecule has 6 nitrogen and oxygen atoms in total. The van der Waals surface area contributed by atoms with Crippen molar-refractivity contribution in [2.45, 2.75) is 32.6 Å². The summed E-state index contributed by atoms with van der Waals surface area (Å²) in [7, 11) is 0.437. The Morgan fingerprint density at radius 3 is 2.52 bits per heavy atom. The molecule has 1 rings (SSSR count). The standard InChI is InChI=1S/C14H32N4O2S/c1-4-8-15-9-5-10-18(3)21(19,20)16-13-14-6-11-17(2)12-7-14/h14-16H,4-13H2,1-3H3. The SMILES string of the molecule is CCCNCCCN(C)S(=O)(=O)NCC1CCN(C)CC1. The van der Waals surface area contributed by atoms with Crippen molar-refractivity contribution in [3.63, 3.8) is 0 Å². The quantitative estimate of drug-likeness (QED) is 0.575. The lowest BCUT2D eigenvalue weighted by Crippen LogP contribution is -2.43. The Labute approximate surface area is 130 Å². The maximum absolute atomic E-state index is 12.1. The van der Waals surface area contributed by atoms with Crippen molar-refractivity contribution in [3.8, 4) is 0 Å². The lowest BCUT2D eigenvalue weighted by atomic mass is 9.98. The second-order valence-electron chi connectivity index (χ2n) is 6.03. The average molecular weight is 321 g/mol. The van der Waals surface area contributed by atoms with E-state index in [0.29, 0.717) is 19.0 Å². The normalized spacial score (nSPS) is 18.5. The van der Waals surface area contributed by atoms with Crippen LogP contribution in [0.3, 0.4) is 0 Å². The van der Waals surface area contributed by atoms with Crippen LogP contribution in [-0.2, 0) is 10.2 Å². The first-order valence-electron chi connectivity index (χ1n) is 8.06. The van der Waals surface area contributed by atoms with Gasteiger partial charge in [-0.1, -0.05) is 6.92 Å². The minimum absolute atomic E-state index is 0.468. The van der Waals surface area contributed by atoms with Crippen LogP contribution < -0.4 is 10.0 Å². The van der Waals surface area contributed by atoms with Gasteiger partial charge in [0.1, 0.15) is 0 Å². The first-order chi connectivity index (χ1) is 9.95. The maximum Gasteiger partial charge on any atom is 0.279 e. The summed E-state index contributed by atoms with van der Waals surface area (Å²) in [5.41, 5.74) is 0. The van der Waals surface area contributed by atoms with E-state index in [2.05, 4.69) is 28.9 Å². The van der Waals surface area contributed by atoms with Gasteiger partial charge < -0.3 is 10.2 Å². The lowest BCUT2D eigenvalue weighted by Gasteiger charge is -2.29. The van der Waals surface area contributed by atoms with E-state index in [-0.39, 0.29) is 0 Å². The Hall–Kier alpha value is -0.210. The summed E-state index contributed by atoms with van der Waals surface area (Å²) in [5.74, 6) is 0.468. The molecule has 1 aliphatic rings. The van der Waals surface area contributed by atoms with Gasteiger partial charge in [-0.2, -0.15) is 12.7 Å². The minimum atomic E-state index is -3.32. The Kier molecular flexibility index (Phi) is 8.73. The predicted octanol–water partition coefficient (Wildman–Crippen LogP) is 0.484. The molecular formula is C14H32N4O2S. The van der Waals surface area contributed by atoms with Gasteiger partial charge in [-0.3, -0.25) is 0 Å². The van der Waals surface area contributed by atoms with Crippen LogP contribution in [0.4, 0.5) is 0 Å². The van der Waals surface area contributed by atoms with E-state index in [9.17, 15) is 8.42 Å². The molecule has 0 atom stereocenters. The first kappa shape index (κ1) is 18.8. The highest BCUT2D eigenvalue weighted by Gasteiger charge is 2.21. The highest BCUT2D eigenvalue weighted by molar-refractivity contribution is 7.87. The number of hydrogen-bond acceptors (Lipinski definition) is 4. The van der Waals surface area contributed by atoms with Crippen molar-refractivity contribution >= 4 is 10.2 Å². The van der Waals surface area contributed by atoms with E-state index in [1.807, 2.05) is 0 Å². The summed E-state index contributed by atoms with van der Waals surface area (Å²) in [6.45, 7) is 7.22. The fourth-order valence-electron chi connectivity index (χ4n) is 2.45. The fourth-order valence-corrected chi connectivity index (χ4v) is 3.48. The van der Waals surface area contributed by atoms with Crippen molar-refractivity contribution in [2.24, 2.45) is 5.92 Å². The van der Waals surface area contributed by atoms with Crippen molar-refractivity contribution in [1.29, 1.82) is 0 Å². The smallest absolute Gasteiger partial charge is 0.279 e. The van der Waals surface area contributed by atoms with Crippen molar-refractivity contribution in [3.05, 3.63) is 0 Å². The Balaban J connectivity index is 2.22. The average Bonchev–Trinajstić information content (AvgIpc) is 2.46. The molecular weight excluding hydrogens is 288 g/mol. The first-order valence-corrected chi connectivity index (χ1v) is 9.50. The summed E-state index contributed by atoms with van der Waals surface area (Å²) >= 11 is 0. The zero-order chi connectivity index (χ0) is 15.7. The van der Waals surface area contributed by atoms with Crippen molar-refractivity contribution < 1.29 is 8.42 Å². The van der Waals surface area contributed by atoms with Gasteiger partial charge in [-0.25, -0.2) is 4.72 Å². The number of nitrogens with zero attached hydrogens (tertiary/aromatic N) is 2. The van der Waals surface area contributed by atoms with Crippen LogP contribution in [0.1, 0.15) is 32.6 Å². The van der Waals surface area contributed by atoms with Crippen LogP contribution in [0.25, 0.3) is 0 Å². The Morgan fingerprint density at radius 2 is 1.90 bits per heavy atom. The van der Waals surface area contributed by atoms with Gasteiger partial charge in [-0.15, -0.1) is 0 Å². The lowest BCUT2D eigenvalue weighted by molar-refractivity contribution is 0.220. The number of nitrogens with one attached hydrogen (secondary N) is 2.